The number of hydrogen-bond acceptors (Lipinski definition) is 8. The van der Waals surface area contributed by atoms with E-state index in [-0.39, 0.29) is 24.3 Å². The van der Waals surface area contributed by atoms with Gasteiger partial charge in [-0.15, -0.1) is 0 Å². The van der Waals surface area contributed by atoms with Gasteiger partial charge in [0.15, 0.2) is 33.3 Å². The second-order valence-corrected chi connectivity index (χ2v) is 10.7. The number of likely N-dealkylation sites (tertiary alicyclic amines) is 1. The zero-order valence-corrected chi connectivity index (χ0v) is 19.4. The maximum atomic E-state index is 14.4. The third-order valence-corrected chi connectivity index (χ3v) is 7.06. The van der Waals surface area contributed by atoms with Gasteiger partial charge in [0.05, 0.1) is 4.90 Å². The van der Waals surface area contributed by atoms with Crippen LogP contribution in [-0.2, 0) is 14.6 Å². The first-order chi connectivity index (χ1) is 15.5. The summed E-state index contributed by atoms with van der Waals surface area (Å²) in [6, 6.07) is 1.37. The Hall–Kier alpha value is -2.76. The quantitative estimate of drug-likeness (QED) is 0.616. The van der Waals surface area contributed by atoms with Crippen molar-refractivity contribution in [1.82, 2.24) is 15.0 Å². The molecule has 2 aromatic rings. The molecule has 0 aliphatic carbocycles. The third kappa shape index (κ3) is 4.80. The number of anilines is 1. The van der Waals surface area contributed by atoms with Crippen molar-refractivity contribution >= 4 is 21.7 Å². The summed E-state index contributed by atoms with van der Waals surface area (Å²) >= 11 is 0. The Morgan fingerprint density at radius 1 is 1.12 bits per heavy atom. The Balaban J connectivity index is 1.38. The lowest BCUT2D eigenvalue weighted by molar-refractivity contribution is -0.135. The van der Waals surface area contributed by atoms with Crippen molar-refractivity contribution in [2.75, 3.05) is 30.8 Å². The molecule has 3 heterocycles. The molecule has 0 radical (unpaired) electrons. The van der Waals surface area contributed by atoms with Gasteiger partial charge in [0, 0.05) is 44.3 Å². The van der Waals surface area contributed by atoms with Gasteiger partial charge < -0.3 is 19.1 Å². The van der Waals surface area contributed by atoms with Gasteiger partial charge in [0.25, 0.3) is 11.9 Å². The number of benzene rings is 1. The van der Waals surface area contributed by atoms with Gasteiger partial charge in [-0.3, -0.25) is 4.79 Å². The molecule has 1 aromatic carbocycles. The molecule has 4 rings (SSSR count). The van der Waals surface area contributed by atoms with Crippen molar-refractivity contribution in [2.24, 2.45) is 0 Å². The molecule has 2 aliphatic rings. The van der Waals surface area contributed by atoms with Crippen molar-refractivity contribution in [3.63, 3.8) is 0 Å². The molecule has 33 heavy (non-hydrogen) atoms. The molecule has 0 unspecified atom stereocenters. The van der Waals surface area contributed by atoms with E-state index in [1.54, 1.807) is 4.90 Å². The summed E-state index contributed by atoms with van der Waals surface area (Å²) in [4.78, 5) is 20.5. The summed E-state index contributed by atoms with van der Waals surface area (Å²) in [5.74, 6) is -2.14. The fourth-order valence-corrected chi connectivity index (χ4v) is 4.75. The molecule has 180 valence electrons. The number of rotatable bonds is 6. The van der Waals surface area contributed by atoms with Crippen molar-refractivity contribution < 1.29 is 31.3 Å². The van der Waals surface area contributed by atoms with Gasteiger partial charge in [0.2, 0.25) is 5.89 Å². The molecule has 12 heteroatoms. The van der Waals surface area contributed by atoms with E-state index in [2.05, 4.69) is 10.1 Å². The van der Waals surface area contributed by atoms with Gasteiger partial charge >= 0.3 is 0 Å². The normalized spacial score (nSPS) is 20.2. The summed E-state index contributed by atoms with van der Waals surface area (Å²) in [5, 5.41) is 4.03. The minimum absolute atomic E-state index is 0.0267. The first-order valence-corrected chi connectivity index (χ1v) is 12.7. The van der Waals surface area contributed by atoms with Crippen molar-refractivity contribution in [3.8, 4) is 5.75 Å². The first kappa shape index (κ1) is 23.4. The lowest BCUT2D eigenvalue weighted by atomic mass is 10.0. The Morgan fingerprint density at radius 3 is 2.30 bits per heavy atom. The van der Waals surface area contributed by atoms with Crippen LogP contribution in [-0.4, -0.2) is 67.4 Å². The van der Waals surface area contributed by atoms with Gasteiger partial charge in [-0.25, -0.2) is 17.2 Å². The first-order valence-electron chi connectivity index (χ1n) is 10.8. The lowest BCUT2D eigenvalue weighted by Crippen LogP contribution is -2.47. The molecule has 0 spiro atoms. The van der Waals surface area contributed by atoms with E-state index < -0.39 is 38.2 Å². The highest BCUT2D eigenvalue weighted by Gasteiger charge is 2.39. The Labute approximate surface area is 190 Å². The van der Waals surface area contributed by atoms with E-state index in [1.165, 1.54) is 0 Å². The highest BCUT2D eigenvalue weighted by Crippen LogP contribution is 2.31. The number of piperidine rings is 1. The second-order valence-electron chi connectivity index (χ2n) is 8.72. The average Bonchev–Trinajstić information content (AvgIpc) is 3.38. The maximum Gasteiger partial charge on any atom is 0.266 e. The number of aromatic nitrogens is 2. The van der Waals surface area contributed by atoms with Crippen LogP contribution >= 0.6 is 0 Å². The predicted molar refractivity (Wildman–Crippen MR) is 114 cm³/mol. The number of halogens is 2. The Morgan fingerprint density at radius 2 is 1.76 bits per heavy atom. The van der Waals surface area contributed by atoms with Crippen LogP contribution in [0.3, 0.4) is 0 Å². The molecule has 9 nitrogen and oxygen atoms in total. The number of amides is 1. The lowest BCUT2D eigenvalue weighted by Gasteiger charge is -2.36. The van der Waals surface area contributed by atoms with Gasteiger partial charge in [-0.05, 0) is 30.1 Å². The van der Waals surface area contributed by atoms with Gasteiger partial charge in [-0.1, -0.05) is 13.8 Å². The smallest absolute Gasteiger partial charge is 0.266 e. The number of ether oxygens (including phenoxy) is 1. The Kier molecular flexibility index (Phi) is 6.30. The van der Waals surface area contributed by atoms with Crippen molar-refractivity contribution in [2.45, 2.75) is 56.1 Å². The molecular formula is C21H26F2N4O5S. The predicted octanol–water partition coefficient (Wildman–Crippen LogP) is 2.52. The average molecular weight is 485 g/mol. The van der Waals surface area contributed by atoms with Gasteiger partial charge in [0.1, 0.15) is 0 Å². The molecule has 2 fully saturated rings. The minimum Gasteiger partial charge on any atom is -0.474 e. The van der Waals surface area contributed by atoms with Crippen LogP contribution in [0.4, 0.5) is 14.7 Å². The van der Waals surface area contributed by atoms with E-state index in [4.69, 9.17) is 9.26 Å². The summed E-state index contributed by atoms with van der Waals surface area (Å²) in [5.41, 5.74) is 0. The third-order valence-electron chi connectivity index (χ3n) is 5.96. The van der Waals surface area contributed by atoms with Crippen LogP contribution in [0.1, 0.15) is 44.9 Å². The van der Waals surface area contributed by atoms with E-state index in [1.807, 2.05) is 18.7 Å². The SMILES string of the molecule is CC(C)c1nc(N2CCC(N3CC[C@H](Oc4c(F)cc(S(C)(=O)=O)cc4F)C3=O)CC2)no1. The van der Waals surface area contributed by atoms with Crippen LogP contribution in [0.5, 0.6) is 5.75 Å². The zero-order chi connectivity index (χ0) is 23.9. The maximum absolute atomic E-state index is 14.4. The number of hydrogen-bond donors (Lipinski definition) is 0. The molecular weight excluding hydrogens is 458 g/mol. The van der Waals surface area contributed by atoms with E-state index in [0.29, 0.717) is 56.4 Å². The van der Waals surface area contributed by atoms with Crippen molar-refractivity contribution in [3.05, 3.63) is 29.7 Å². The molecule has 1 amide bonds. The standard InChI is InChI=1S/C21H26F2N4O5S/c1-12(2)19-24-21(25-32-19)26-7-4-13(5-8-26)27-9-6-17(20(27)28)31-18-15(22)10-14(11-16(18)23)33(3,29)30/h10-13,17H,4-9H2,1-3H3/t17-/m0/s1. The molecule has 1 atom stereocenters. The zero-order valence-electron chi connectivity index (χ0n) is 18.6. The van der Waals surface area contributed by atoms with E-state index in [0.717, 1.165) is 6.26 Å². The monoisotopic (exact) mass is 484 g/mol. The number of sulfone groups is 1. The van der Waals surface area contributed by atoms with Crippen LogP contribution < -0.4 is 9.64 Å². The summed E-state index contributed by atoms with van der Waals surface area (Å²) < 4.78 is 62.4. The summed E-state index contributed by atoms with van der Waals surface area (Å²) in [7, 11) is -3.78. The second kappa shape index (κ2) is 8.88. The van der Waals surface area contributed by atoms with Crippen LogP contribution in [0.2, 0.25) is 0 Å². The number of carbonyl (C=O) groups excluding carboxylic acids is 1. The largest absolute Gasteiger partial charge is 0.474 e. The fraction of sp³-hybridized carbons (Fsp3) is 0.571. The minimum atomic E-state index is -3.78. The fourth-order valence-electron chi connectivity index (χ4n) is 4.12. The number of nitrogens with zero attached hydrogens (tertiary/aromatic N) is 4. The van der Waals surface area contributed by atoms with E-state index >= 15 is 0 Å². The highest BCUT2D eigenvalue weighted by atomic mass is 32.2. The summed E-state index contributed by atoms with van der Waals surface area (Å²) in [6.45, 7) is 5.65. The number of carbonyl (C=O) groups is 1. The molecule has 0 saturated carbocycles. The molecule has 0 bridgehead atoms. The summed E-state index contributed by atoms with van der Waals surface area (Å²) in [6.07, 6.45) is 1.50. The molecule has 2 saturated heterocycles. The van der Waals surface area contributed by atoms with Crippen molar-refractivity contribution in [1.29, 1.82) is 0 Å². The molecule has 1 aromatic heterocycles. The molecule has 0 N–H and O–H groups in total. The van der Waals surface area contributed by atoms with Crippen LogP contribution in [0.15, 0.2) is 21.6 Å². The van der Waals surface area contributed by atoms with Crippen LogP contribution in [0, 0.1) is 11.6 Å². The molecule has 2 aliphatic heterocycles. The topological polar surface area (TPSA) is 106 Å². The highest BCUT2D eigenvalue weighted by molar-refractivity contribution is 7.90. The van der Waals surface area contributed by atoms with E-state index in [9.17, 15) is 22.0 Å². The van der Waals surface area contributed by atoms with Gasteiger partial charge in [-0.2, -0.15) is 4.98 Å². The van der Waals surface area contributed by atoms with Crippen LogP contribution in [0.25, 0.3) is 0 Å². The Bertz CT molecular complexity index is 1120.